The predicted octanol–water partition coefficient (Wildman–Crippen LogP) is 2.08. The zero-order chi connectivity index (χ0) is 15.0. The molecule has 0 saturated heterocycles. The number of hydrogen-bond acceptors (Lipinski definition) is 1. The summed E-state index contributed by atoms with van der Waals surface area (Å²) in [6.07, 6.45) is 2.09. The minimum atomic E-state index is 0. The molecule has 115 valence electrons. The number of nitrogens with zero attached hydrogens (tertiary/aromatic N) is 2. The van der Waals surface area contributed by atoms with E-state index in [1.165, 1.54) is 49.3 Å². The summed E-state index contributed by atoms with van der Waals surface area (Å²) >= 11 is 1.10. The van der Waals surface area contributed by atoms with Gasteiger partial charge in [-0.3, -0.25) is 4.98 Å². The van der Waals surface area contributed by atoms with Crippen molar-refractivity contribution in [1.29, 1.82) is 0 Å². The average molecular weight is 546 g/mol. The Morgan fingerprint density at radius 2 is 2.00 bits per heavy atom. The summed E-state index contributed by atoms with van der Waals surface area (Å²) in [5, 5.41) is 0. The van der Waals surface area contributed by atoms with Gasteiger partial charge in [0.05, 0.1) is 0 Å². The van der Waals surface area contributed by atoms with E-state index >= 15 is 0 Å². The van der Waals surface area contributed by atoms with Gasteiger partial charge in [-0.25, -0.2) is 0 Å². The van der Waals surface area contributed by atoms with Gasteiger partial charge >= 0.3 is 0 Å². The third kappa shape index (κ3) is 1.56. The van der Waals surface area contributed by atoms with E-state index in [0.717, 1.165) is 34.6 Å². The molecule has 4 heteroatoms. The normalized spacial score (nSPS) is 14.7. The molecule has 1 aromatic heterocycles. The van der Waals surface area contributed by atoms with Crippen molar-refractivity contribution in [2.45, 2.75) is 26.7 Å². The van der Waals surface area contributed by atoms with Crippen LogP contribution in [0.3, 0.4) is 0 Å². The van der Waals surface area contributed by atoms with Crippen molar-refractivity contribution in [2.24, 2.45) is 0 Å². The van der Waals surface area contributed by atoms with Crippen LogP contribution in [0, 0.1) is 19.9 Å². The van der Waals surface area contributed by atoms with Gasteiger partial charge in [0.25, 0.3) is 16.3 Å². The van der Waals surface area contributed by atoms with Crippen molar-refractivity contribution >= 4 is 37.4 Å². The first-order valence-electron chi connectivity index (χ1n) is 7.85. The second-order valence-corrected chi connectivity index (χ2v) is 7.62. The standard InChI is InChI=1S/C19H14N2.Al.Bk.2H/c1-11-5-3-7-13-9-14-10-16-20-15-8-4-6-12(2)18(15)21(16)19(14)17(11)13;;;;/h3-4,7-8H,9-10H2,1-2H3;;;;/q-1;;;;. The molecule has 3 aromatic rings. The maximum absolute atomic E-state index is 4.87. The summed E-state index contributed by atoms with van der Waals surface area (Å²) in [6.45, 7) is 4.43. The monoisotopic (exact) mass is 546 g/mol. The van der Waals surface area contributed by atoms with E-state index in [9.17, 15) is 0 Å². The van der Waals surface area contributed by atoms with Crippen molar-refractivity contribution in [3.8, 4) is 0 Å². The Labute approximate surface area is 137 Å². The van der Waals surface area contributed by atoms with Crippen molar-refractivity contribution < 1.29 is 0 Å². The van der Waals surface area contributed by atoms with Crippen LogP contribution in [0.25, 0.3) is 16.7 Å². The second-order valence-electron chi connectivity index (χ2n) is 6.55. The van der Waals surface area contributed by atoms with Crippen molar-refractivity contribution in [2.75, 3.05) is 0 Å². The summed E-state index contributed by atoms with van der Waals surface area (Å²) in [4.78, 5) is 4.87. The Hall–Kier alpha value is -2.82. The fourth-order valence-electron chi connectivity index (χ4n) is 4.08. The summed E-state index contributed by atoms with van der Waals surface area (Å²) < 4.78 is 3.92. The molecule has 0 bridgehead atoms. The zero-order valence-corrected chi connectivity index (χ0v) is 18.2. The van der Waals surface area contributed by atoms with Crippen LogP contribution < -0.4 is 4.43 Å². The fourth-order valence-corrected chi connectivity index (χ4v) is 4.50. The molecule has 0 spiro atoms. The smallest absolute Gasteiger partial charge is 0.259 e. The molecule has 2 aromatic carbocycles. The van der Waals surface area contributed by atoms with Crippen LogP contribution in [-0.4, -0.2) is 25.8 Å². The molecule has 0 amide bonds. The summed E-state index contributed by atoms with van der Waals surface area (Å²) in [6, 6.07) is 12.1. The quantitative estimate of drug-likeness (QED) is 0.312. The van der Waals surface area contributed by atoms with Gasteiger partial charge in [-0.2, -0.15) is 12.1 Å². The minimum Gasteiger partial charge on any atom is -0.351 e. The van der Waals surface area contributed by atoms with Crippen LogP contribution in [0.1, 0.15) is 28.1 Å². The number of aryl methyl sites for hydroxylation is 1. The summed E-state index contributed by atoms with van der Waals surface area (Å²) in [5.41, 5.74) is 10.9. The first-order chi connectivity index (χ1) is 10.6. The predicted molar refractivity (Wildman–Crippen MR) is 92.4 cm³/mol. The average Bonchev–Trinajstić information content (AvgIpc) is 3.10. The summed E-state index contributed by atoms with van der Waals surface area (Å²) in [5.74, 6) is 1.20. The number of allylic oxidation sites excluding steroid dienone is 1. The van der Waals surface area contributed by atoms with Crippen LogP contribution in [0.4, 0.5) is 0 Å². The molecule has 0 fully saturated rings. The first kappa shape index (κ1) is 13.8. The number of aromatic nitrogens is 2. The molecule has 0 atom stereocenters. The van der Waals surface area contributed by atoms with Gasteiger partial charge in [0.15, 0.2) is 0 Å². The maximum Gasteiger partial charge on any atom is 0.259 e. The molecule has 0 unspecified atom stereocenters. The second kappa shape index (κ2) is 4.35. The molecule has 2 aliphatic rings. The fraction of sp³-hybridized carbons (Fsp3) is 0.211. The third-order valence-corrected chi connectivity index (χ3v) is 6.35. The molecule has 2 nitrogen and oxygen atoms in total. The Morgan fingerprint density at radius 1 is 1.17 bits per heavy atom. The van der Waals surface area contributed by atoms with E-state index in [4.69, 9.17) is 4.98 Å². The molecule has 0 N–H and O–H groups in total. The van der Waals surface area contributed by atoms with Crippen molar-refractivity contribution in [3.05, 3.63) is 64.0 Å². The molecule has 5 rings (SSSR count). The van der Waals surface area contributed by atoms with Crippen LogP contribution in [-0.2, 0) is 12.8 Å². The Bertz CT molecular complexity index is 1010. The molecule has 1 radical (unpaired) electrons. The molecule has 1 aliphatic carbocycles. The molecular formula is C19H16AlBkN2-. The number of benzene rings is 2. The van der Waals surface area contributed by atoms with Gasteiger partial charge in [0, 0.05) is 17.7 Å². The van der Waals surface area contributed by atoms with E-state index in [1.807, 2.05) is 6.07 Å². The Kier molecular flexibility index (Phi) is 2.61. The molecule has 1 aliphatic heterocycles. The largest absolute Gasteiger partial charge is 0.351 e. The van der Waals surface area contributed by atoms with E-state index in [0.29, 0.717) is 0 Å². The Balaban J connectivity index is 0.00000135. The van der Waals surface area contributed by atoms with E-state index < -0.39 is 0 Å². The van der Waals surface area contributed by atoms with Crippen LogP contribution in [0.15, 0.2) is 29.8 Å². The zero-order valence-electron chi connectivity index (χ0n) is 13.5. The Morgan fingerprint density at radius 3 is 2.83 bits per heavy atom. The maximum atomic E-state index is 4.87. The van der Waals surface area contributed by atoms with Crippen molar-refractivity contribution in [3.63, 3.8) is 0 Å². The topological polar surface area (TPSA) is 17.8 Å². The number of fused-ring (bicyclic) bond motifs is 6. The van der Waals surface area contributed by atoms with E-state index in [-0.39, 0.29) is 0 Å². The number of rotatable bonds is 0. The van der Waals surface area contributed by atoms with Gasteiger partial charge < -0.3 is 4.57 Å². The SMILES string of the molecule is Cc1[c]([AlH2])ccc2c1C1=C(C2)Cc2nc3cc[c-]c(C)c3n21.[Bk]. The van der Waals surface area contributed by atoms with Crippen LogP contribution in [0.2, 0.25) is 0 Å². The molecule has 2 heterocycles. The molecular weight excluding hydrogens is 530 g/mol. The van der Waals surface area contributed by atoms with Crippen LogP contribution in [0.5, 0.6) is 0 Å². The molecule has 0 saturated carbocycles. The minimum absolute atomic E-state index is 0. The number of imidazole rings is 1. The van der Waals surface area contributed by atoms with Gasteiger partial charge in [-0.15, -0.1) is 16.1 Å². The summed E-state index contributed by atoms with van der Waals surface area (Å²) in [7, 11) is 0. The van der Waals surface area contributed by atoms with Gasteiger partial charge in [0.2, 0.25) is 0 Å². The van der Waals surface area contributed by atoms with Crippen LogP contribution >= 0.6 is 0 Å². The van der Waals surface area contributed by atoms with E-state index in [2.05, 4.69) is 42.7 Å². The third-order valence-electron chi connectivity index (χ3n) is 5.26. The van der Waals surface area contributed by atoms with Gasteiger partial charge in [0.1, 0.15) is 5.82 Å². The van der Waals surface area contributed by atoms with E-state index in [1.54, 1.807) is 0 Å². The molecule has 23 heavy (non-hydrogen) atoms. The van der Waals surface area contributed by atoms with Gasteiger partial charge in [-0.1, -0.05) is 24.6 Å². The van der Waals surface area contributed by atoms with Crippen molar-refractivity contribution in [1.82, 2.24) is 9.55 Å². The van der Waals surface area contributed by atoms with Gasteiger partial charge in [-0.05, 0) is 35.5 Å². The number of hydrogen-bond donors (Lipinski definition) is 0. The first-order valence-corrected chi connectivity index (χ1v) is 8.85.